The summed E-state index contributed by atoms with van der Waals surface area (Å²) in [6, 6.07) is 0. The van der Waals surface area contributed by atoms with Crippen LogP contribution in [-0.2, 0) is 9.63 Å². The summed E-state index contributed by atoms with van der Waals surface area (Å²) >= 11 is 0. The largest absolute Gasteiger partial charge is 0.280 e. The third-order valence-corrected chi connectivity index (χ3v) is 1.39. The monoisotopic (exact) mass is 163 g/mol. The Balaban J connectivity index is 3.81. The molecule has 1 amide bonds. The lowest BCUT2D eigenvalue weighted by molar-refractivity contribution is -0.174. The molecule has 0 aromatic carbocycles. The van der Waals surface area contributed by atoms with Gasteiger partial charge in [-0.3, -0.25) is 9.63 Å². The molecule has 0 fully saturated rings. The van der Waals surface area contributed by atoms with E-state index in [4.69, 9.17) is 0 Å². The molecule has 4 heteroatoms. The molecule has 0 saturated carbocycles. The van der Waals surface area contributed by atoms with Crippen molar-refractivity contribution in [2.24, 2.45) is 0 Å². The van der Waals surface area contributed by atoms with Crippen LogP contribution in [0.25, 0.3) is 0 Å². The number of nitrogens with zero attached hydrogens (tertiary/aromatic N) is 1. The van der Waals surface area contributed by atoms with Crippen molar-refractivity contribution in [3.05, 3.63) is 0 Å². The van der Waals surface area contributed by atoms with Gasteiger partial charge in [-0.2, -0.15) is 0 Å². The van der Waals surface area contributed by atoms with Crippen LogP contribution in [0.5, 0.6) is 0 Å². The van der Waals surface area contributed by atoms with Gasteiger partial charge in [0.15, 0.2) is 6.17 Å². The molecule has 0 rings (SSSR count). The maximum atomic E-state index is 12.8. The summed E-state index contributed by atoms with van der Waals surface area (Å²) in [6.45, 7) is 1.83. The van der Waals surface area contributed by atoms with E-state index in [0.717, 1.165) is 5.06 Å². The van der Waals surface area contributed by atoms with Crippen LogP contribution in [0.3, 0.4) is 0 Å². The fourth-order valence-electron chi connectivity index (χ4n) is 0.664. The number of rotatable bonds is 4. The summed E-state index contributed by atoms with van der Waals surface area (Å²) in [6.07, 6.45) is -0.512. The second-order valence-electron chi connectivity index (χ2n) is 2.27. The molecular weight excluding hydrogens is 149 g/mol. The predicted molar refractivity (Wildman–Crippen MR) is 39.6 cm³/mol. The first-order chi connectivity index (χ1) is 5.13. The second kappa shape index (κ2) is 5.07. The third kappa shape index (κ3) is 3.32. The minimum Gasteiger partial charge on any atom is -0.274 e. The van der Waals surface area contributed by atoms with E-state index in [1.54, 1.807) is 0 Å². The number of hydrogen-bond acceptors (Lipinski definition) is 2. The van der Waals surface area contributed by atoms with Crippen LogP contribution in [0, 0.1) is 0 Å². The summed E-state index contributed by atoms with van der Waals surface area (Å²) in [5, 5.41) is 0.903. The van der Waals surface area contributed by atoms with Gasteiger partial charge >= 0.3 is 0 Å². The summed E-state index contributed by atoms with van der Waals surface area (Å²) < 4.78 is 12.8. The minimum absolute atomic E-state index is 0.256. The molecule has 0 radical (unpaired) electrons. The standard InChI is InChI=1S/C7H14FNO2/c1-4-5-6(8)7(10)9(2)11-3/h6H,4-5H2,1-3H3. The molecule has 11 heavy (non-hydrogen) atoms. The van der Waals surface area contributed by atoms with E-state index in [-0.39, 0.29) is 6.42 Å². The first-order valence-corrected chi connectivity index (χ1v) is 3.59. The van der Waals surface area contributed by atoms with Gasteiger partial charge in [-0.15, -0.1) is 0 Å². The maximum Gasteiger partial charge on any atom is 0.280 e. The van der Waals surface area contributed by atoms with Crippen molar-refractivity contribution in [1.82, 2.24) is 5.06 Å². The number of hydroxylamine groups is 2. The van der Waals surface area contributed by atoms with Gasteiger partial charge in [0.1, 0.15) is 0 Å². The van der Waals surface area contributed by atoms with Gasteiger partial charge in [-0.25, -0.2) is 9.45 Å². The van der Waals surface area contributed by atoms with Crippen LogP contribution in [0.1, 0.15) is 19.8 Å². The zero-order valence-electron chi connectivity index (χ0n) is 7.13. The van der Waals surface area contributed by atoms with Crippen molar-refractivity contribution in [3.63, 3.8) is 0 Å². The van der Waals surface area contributed by atoms with Gasteiger partial charge in [-0.1, -0.05) is 13.3 Å². The minimum atomic E-state index is -1.43. The highest BCUT2D eigenvalue weighted by atomic mass is 19.1. The predicted octanol–water partition coefficient (Wildman–Crippen LogP) is 1.14. The van der Waals surface area contributed by atoms with E-state index < -0.39 is 12.1 Å². The van der Waals surface area contributed by atoms with E-state index in [1.165, 1.54) is 14.2 Å². The van der Waals surface area contributed by atoms with E-state index in [1.807, 2.05) is 6.92 Å². The van der Waals surface area contributed by atoms with Gasteiger partial charge in [0, 0.05) is 7.05 Å². The van der Waals surface area contributed by atoms with Crippen LogP contribution < -0.4 is 0 Å². The smallest absolute Gasteiger partial charge is 0.274 e. The van der Waals surface area contributed by atoms with Crippen LogP contribution in [0.2, 0.25) is 0 Å². The first kappa shape index (κ1) is 10.4. The molecule has 0 spiro atoms. The zero-order chi connectivity index (χ0) is 8.85. The SMILES string of the molecule is CCCC(F)C(=O)N(C)OC. The van der Waals surface area contributed by atoms with Crippen molar-refractivity contribution in [2.45, 2.75) is 25.9 Å². The molecule has 0 saturated heterocycles. The Labute approximate surface area is 66.1 Å². The van der Waals surface area contributed by atoms with Crippen LogP contribution in [0.4, 0.5) is 4.39 Å². The number of carbonyl (C=O) groups is 1. The number of amides is 1. The van der Waals surface area contributed by atoms with Gasteiger partial charge in [0.25, 0.3) is 5.91 Å². The average Bonchev–Trinajstić information content (AvgIpc) is 2.02. The molecule has 0 aromatic heterocycles. The first-order valence-electron chi connectivity index (χ1n) is 3.59. The molecule has 0 aliphatic rings. The Bertz CT molecular complexity index is 130. The fourth-order valence-corrected chi connectivity index (χ4v) is 0.664. The maximum absolute atomic E-state index is 12.8. The molecule has 1 atom stereocenters. The van der Waals surface area contributed by atoms with E-state index >= 15 is 0 Å². The van der Waals surface area contributed by atoms with E-state index in [9.17, 15) is 9.18 Å². The van der Waals surface area contributed by atoms with Crippen molar-refractivity contribution in [3.8, 4) is 0 Å². The normalized spacial score (nSPS) is 12.7. The van der Waals surface area contributed by atoms with Gasteiger partial charge < -0.3 is 0 Å². The molecule has 0 heterocycles. The number of carbonyl (C=O) groups excluding carboxylic acids is 1. The Morgan fingerprint density at radius 1 is 1.73 bits per heavy atom. The number of hydrogen-bond donors (Lipinski definition) is 0. The topological polar surface area (TPSA) is 29.5 Å². The van der Waals surface area contributed by atoms with Crippen molar-refractivity contribution >= 4 is 5.91 Å². The third-order valence-electron chi connectivity index (χ3n) is 1.39. The van der Waals surface area contributed by atoms with Crippen molar-refractivity contribution < 1.29 is 14.0 Å². The second-order valence-corrected chi connectivity index (χ2v) is 2.27. The lowest BCUT2D eigenvalue weighted by Crippen LogP contribution is -2.33. The molecule has 0 N–H and O–H groups in total. The highest BCUT2D eigenvalue weighted by Crippen LogP contribution is 2.04. The van der Waals surface area contributed by atoms with Gasteiger partial charge in [-0.05, 0) is 6.42 Å². The van der Waals surface area contributed by atoms with Crippen molar-refractivity contribution in [1.29, 1.82) is 0 Å². The Hall–Kier alpha value is -0.640. The average molecular weight is 163 g/mol. The van der Waals surface area contributed by atoms with E-state index in [0.29, 0.717) is 6.42 Å². The highest BCUT2D eigenvalue weighted by molar-refractivity contribution is 5.79. The molecular formula is C7H14FNO2. The van der Waals surface area contributed by atoms with Gasteiger partial charge in [0.2, 0.25) is 0 Å². The Kier molecular flexibility index (Phi) is 4.77. The van der Waals surface area contributed by atoms with Crippen LogP contribution in [0.15, 0.2) is 0 Å². The number of alkyl halides is 1. The highest BCUT2D eigenvalue weighted by Gasteiger charge is 2.19. The quantitative estimate of drug-likeness (QED) is 0.582. The molecule has 0 aliphatic heterocycles. The molecule has 1 unspecified atom stereocenters. The summed E-state index contributed by atoms with van der Waals surface area (Å²) in [5.41, 5.74) is 0. The molecule has 0 aliphatic carbocycles. The Morgan fingerprint density at radius 3 is 2.64 bits per heavy atom. The Morgan fingerprint density at radius 2 is 2.27 bits per heavy atom. The molecule has 0 bridgehead atoms. The molecule has 66 valence electrons. The van der Waals surface area contributed by atoms with E-state index in [2.05, 4.69) is 4.84 Å². The molecule has 3 nitrogen and oxygen atoms in total. The fraction of sp³-hybridized carbons (Fsp3) is 0.857. The lowest BCUT2D eigenvalue weighted by atomic mass is 10.2. The summed E-state index contributed by atoms with van der Waals surface area (Å²) in [5.74, 6) is -0.616. The number of halogens is 1. The van der Waals surface area contributed by atoms with Crippen LogP contribution >= 0.6 is 0 Å². The van der Waals surface area contributed by atoms with Gasteiger partial charge in [0.05, 0.1) is 7.11 Å². The van der Waals surface area contributed by atoms with Crippen LogP contribution in [-0.4, -0.2) is 31.3 Å². The van der Waals surface area contributed by atoms with Crippen molar-refractivity contribution in [2.75, 3.05) is 14.2 Å². The molecule has 0 aromatic rings. The summed E-state index contributed by atoms with van der Waals surface area (Å²) in [4.78, 5) is 15.4. The zero-order valence-corrected chi connectivity index (χ0v) is 7.13. The summed E-state index contributed by atoms with van der Waals surface area (Å²) in [7, 11) is 2.72. The lowest BCUT2D eigenvalue weighted by Gasteiger charge is -2.15.